The van der Waals surface area contributed by atoms with Gasteiger partial charge in [-0.15, -0.1) is 0 Å². The number of hydrogen-bond acceptors (Lipinski definition) is 6. The zero-order chi connectivity index (χ0) is 23.2. The van der Waals surface area contributed by atoms with Crippen molar-refractivity contribution in [1.29, 1.82) is 0 Å². The molecule has 3 aromatic carbocycles. The van der Waals surface area contributed by atoms with E-state index in [1.165, 1.54) is 23.0 Å². The molecular weight excluding hydrogens is 481 g/mol. The lowest BCUT2D eigenvalue weighted by Crippen LogP contribution is -2.06. The molecule has 0 saturated heterocycles. The van der Waals surface area contributed by atoms with Gasteiger partial charge in [0.25, 0.3) is 0 Å². The van der Waals surface area contributed by atoms with Gasteiger partial charge in [-0.25, -0.2) is 18.4 Å². The average molecular weight is 496 g/mol. The van der Waals surface area contributed by atoms with Crippen LogP contribution in [0.15, 0.2) is 87.7 Å². The molecule has 0 aliphatic heterocycles. The number of para-hydroxylation sites is 2. The van der Waals surface area contributed by atoms with Gasteiger partial charge in [-0.2, -0.15) is 9.78 Å². The minimum atomic E-state index is -4.08. The van der Waals surface area contributed by atoms with Crippen LogP contribution < -0.4 is 5.73 Å². The number of hydrogen-bond donors (Lipinski definition) is 1. The van der Waals surface area contributed by atoms with Crippen LogP contribution in [0.2, 0.25) is 10.0 Å². The Morgan fingerprint density at radius 1 is 0.879 bits per heavy atom. The Balaban J connectivity index is 1.81. The summed E-state index contributed by atoms with van der Waals surface area (Å²) in [5.74, 6) is -0.112. The molecule has 0 unspecified atom stereocenters. The third kappa shape index (κ3) is 3.82. The lowest BCUT2D eigenvalue weighted by atomic mass is 10.2. The van der Waals surface area contributed by atoms with Gasteiger partial charge in [-0.3, -0.25) is 0 Å². The Labute approximate surface area is 199 Å². The van der Waals surface area contributed by atoms with E-state index in [9.17, 15) is 8.42 Å². The highest BCUT2D eigenvalue weighted by Gasteiger charge is 2.30. The number of benzene rings is 3. The maximum absolute atomic E-state index is 13.6. The first-order valence-electron chi connectivity index (χ1n) is 9.72. The van der Waals surface area contributed by atoms with Gasteiger partial charge in [0.2, 0.25) is 9.84 Å². The highest BCUT2D eigenvalue weighted by atomic mass is 35.5. The van der Waals surface area contributed by atoms with Crippen molar-refractivity contribution in [2.75, 3.05) is 5.73 Å². The van der Waals surface area contributed by atoms with Gasteiger partial charge >= 0.3 is 0 Å². The molecule has 0 fully saturated rings. The Morgan fingerprint density at radius 2 is 1.55 bits per heavy atom. The van der Waals surface area contributed by atoms with Crippen LogP contribution in [0.25, 0.3) is 22.2 Å². The summed E-state index contributed by atoms with van der Waals surface area (Å²) in [5.41, 5.74) is 8.51. The van der Waals surface area contributed by atoms with Crippen LogP contribution in [0.1, 0.15) is 5.56 Å². The lowest BCUT2D eigenvalue weighted by Gasteiger charge is -2.05. The van der Waals surface area contributed by atoms with E-state index in [1.807, 2.05) is 12.1 Å². The molecule has 164 valence electrons. The van der Waals surface area contributed by atoms with Crippen LogP contribution >= 0.6 is 23.2 Å². The summed E-state index contributed by atoms with van der Waals surface area (Å²) in [5, 5.41) is 5.24. The number of halogens is 2. The summed E-state index contributed by atoms with van der Waals surface area (Å²) in [7, 11) is -4.08. The monoisotopic (exact) mass is 495 g/mol. The Kier molecular flexibility index (Phi) is 5.28. The SMILES string of the molecule is Nc1c(S(=O)(=O)c2cccc(Cl)c2)c2nc3ccccc3nc2n1/N=C/c1cccc(Cl)c1. The van der Waals surface area contributed by atoms with E-state index in [0.717, 1.165) is 0 Å². The molecule has 0 spiro atoms. The number of aromatic nitrogens is 3. The van der Waals surface area contributed by atoms with Crippen LogP contribution in [0.4, 0.5) is 5.82 Å². The van der Waals surface area contributed by atoms with Crippen molar-refractivity contribution in [3.8, 4) is 0 Å². The maximum atomic E-state index is 13.6. The first-order chi connectivity index (χ1) is 15.8. The Bertz CT molecular complexity index is 1680. The zero-order valence-corrected chi connectivity index (χ0v) is 19.2. The van der Waals surface area contributed by atoms with Gasteiger partial charge in [0.05, 0.1) is 22.1 Å². The van der Waals surface area contributed by atoms with Crippen LogP contribution in [0, 0.1) is 0 Å². The number of anilines is 1. The minimum absolute atomic E-state index is 0.00507. The largest absolute Gasteiger partial charge is 0.382 e. The molecule has 0 atom stereocenters. The average Bonchev–Trinajstić information content (AvgIpc) is 3.07. The molecule has 0 radical (unpaired) electrons. The van der Waals surface area contributed by atoms with Crippen molar-refractivity contribution in [2.24, 2.45) is 5.10 Å². The second-order valence-electron chi connectivity index (χ2n) is 7.17. The first-order valence-corrected chi connectivity index (χ1v) is 12.0. The minimum Gasteiger partial charge on any atom is -0.382 e. The second kappa shape index (κ2) is 8.15. The lowest BCUT2D eigenvalue weighted by molar-refractivity contribution is 0.597. The van der Waals surface area contributed by atoms with Gasteiger partial charge in [0.15, 0.2) is 5.65 Å². The van der Waals surface area contributed by atoms with Crippen LogP contribution in [0.5, 0.6) is 0 Å². The molecule has 0 saturated carbocycles. The van der Waals surface area contributed by atoms with E-state index < -0.39 is 9.84 Å². The summed E-state index contributed by atoms with van der Waals surface area (Å²) < 4.78 is 28.5. The molecule has 5 rings (SSSR count). The van der Waals surface area contributed by atoms with Crippen molar-refractivity contribution in [1.82, 2.24) is 14.6 Å². The molecular formula is C23H15Cl2N5O2S. The molecule has 2 aromatic heterocycles. The van der Waals surface area contributed by atoms with Crippen molar-refractivity contribution < 1.29 is 8.42 Å². The highest BCUT2D eigenvalue weighted by molar-refractivity contribution is 7.92. The molecule has 10 heteroatoms. The van der Waals surface area contributed by atoms with Gasteiger partial charge in [0, 0.05) is 10.0 Å². The number of rotatable bonds is 4. The summed E-state index contributed by atoms with van der Waals surface area (Å²) in [4.78, 5) is 8.99. The van der Waals surface area contributed by atoms with Gasteiger partial charge < -0.3 is 5.73 Å². The number of sulfone groups is 1. The second-order valence-corrected chi connectivity index (χ2v) is 9.93. The Morgan fingerprint density at radius 3 is 2.24 bits per heavy atom. The van der Waals surface area contributed by atoms with E-state index in [0.29, 0.717) is 21.6 Å². The number of nitrogen functional groups attached to an aromatic ring is 1. The first kappa shape index (κ1) is 21.4. The highest BCUT2D eigenvalue weighted by Crippen LogP contribution is 2.35. The fourth-order valence-electron chi connectivity index (χ4n) is 3.47. The number of nitrogens with zero attached hydrogens (tertiary/aromatic N) is 4. The summed E-state index contributed by atoms with van der Waals surface area (Å²) in [6.07, 6.45) is 1.52. The molecule has 0 aliphatic carbocycles. The number of fused-ring (bicyclic) bond motifs is 2. The van der Waals surface area contributed by atoms with Crippen LogP contribution in [0.3, 0.4) is 0 Å². The fraction of sp³-hybridized carbons (Fsp3) is 0. The van der Waals surface area contributed by atoms with Crippen molar-refractivity contribution in [3.63, 3.8) is 0 Å². The Hall–Kier alpha value is -3.46. The standard InChI is InChI=1S/C23H15Cl2N5O2S/c24-15-6-3-5-14(11-15)13-27-30-22(26)21(33(31,32)17-8-4-7-16(25)12-17)20-23(30)29-19-10-2-1-9-18(19)28-20/h1-13H,26H2/b27-13+. The third-order valence-corrected chi connectivity index (χ3v) is 7.26. The predicted molar refractivity (Wildman–Crippen MR) is 131 cm³/mol. The smallest absolute Gasteiger partial charge is 0.212 e. The topological polar surface area (TPSA) is 103 Å². The fourth-order valence-corrected chi connectivity index (χ4v) is 5.45. The van der Waals surface area contributed by atoms with E-state index in [1.54, 1.807) is 48.5 Å². The molecule has 5 aromatic rings. The van der Waals surface area contributed by atoms with Gasteiger partial charge in [0.1, 0.15) is 16.2 Å². The van der Waals surface area contributed by atoms with Crippen molar-refractivity contribution in [3.05, 3.63) is 88.4 Å². The molecule has 0 aliphatic rings. The van der Waals surface area contributed by atoms with E-state index in [4.69, 9.17) is 28.9 Å². The quantitative estimate of drug-likeness (QED) is 0.345. The van der Waals surface area contributed by atoms with E-state index >= 15 is 0 Å². The van der Waals surface area contributed by atoms with Crippen LogP contribution in [-0.4, -0.2) is 29.3 Å². The van der Waals surface area contributed by atoms with E-state index in [-0.39, 0.29) is 31.8 Å². The van der Waals surface area contributed by atoms with E-state index in [2.05, 4.69) is 15.1 Å². The van der Waals surface area contributed by atoms with Crippen molar-refractivity contribution >= 4 is 67.3 Å². The molecule has 2 N–H and O–H groups in total. The molecule has 0 bridgehead atoms. The third-order valence-electron chi connectivity index (χ3n) is 4.97. The summed E-state index contributed by atoms with van der Waals surface area (Å²) in [6, 6.07) is 20.2. The predicted octanol–water partition coefficient (Wildman–Crippen LogP) is 5.19. The van der Waals surface area contributed by atoms with Crippen molar-refractivity contribution in [2.45, 2.75) is 9.79 Å². The molecule has 0 amide bonds. The zero-order valence-electron chi connectivity index (χ0n) is 16.9. The van der Waals surface area contributed by atoms with Crippen LogP contribution in [-0.2, 0) is 9.84 Å². The maximum Gasteiger partial charge on any atom is 0.212 e. The molecule has 7 nitrogen and oxygen atoms in total. The summed E-state index contributed by atoms with van der Waals surface area (Å²) in [6.45, 7) is 0. The molecule has 2 heterocycles. The normalized spacial score (nSPS) is 12.2. The van der Waals surface area contributed by atoms with Gasteiger partial charge in [-0.1, -0.05) is 53.5 Å². The van der Waals surface area contributed by atoms with Gasteiger partial charge in [-0.05, 0) is 48.0 Å². The molecule has 33 heavy (non-hydrogen) atoms. The summed E-state index contributed by atoms with van der Waals surface area (Å²) >= 11 is 12.1. The number of nitrogens with two attached hydrogens (primary N) is 1.